The first-order valence-electron chi connectivity index (χ1n) is 5.36. The summed E-state index contributed by atoms with van der Waals surface area (Å²) >= 11 is 0. The van der Waals surface area contributed by atoms with Crippen molar-refractivity contribution in [1.29, 1.82) is 0 Å². The number of fused-ring (bicyclic) bond motifs is 1. The molecule has 0 unspecified atom stereocenters. The molecule has 18 heavy (non-hydrogen) atoms. The molecule has 2 rings (SSSR count). The number of hydrogen-bond donors (Lipinski definition) is 2. The Hall–Kier alpha value is -2.44. The van der Waals surface area contributed by atoms with Gasteiger partial charge in [0.1, 0.15) is 11.6 Å². The van der Waals surface area contributed by atoms with Gasteiger partial charge < -0.3 is 10.4 Å². The molecule has 2 aromatic rings. The summed E-state index contributed by atoms with van der Waals surface area (Å²) in [6, 6.07) is 6.20. The number of rotatable bonds is 4. The standard InChI is InChI=1S/C11H12N4O3/c1-7(16)12-9(11(17)18)6-15-10-5-3-2-4-8(10)13-14-15/h2-5,9H,6H2,1H3,(H,12,16)(H,17,18)/t9-/m1/s1. The fourth-order valence-electron chi connectivity index (χ4n) is 1.66. The fraction of sp³-hybridized carbons (Fsp3) is 0.273. The van der Waals surface area contributed by atoms with Gasteiger partial charge in [-0.1, -0.05) is 17.3 Å². The Morgan fingerprint density at radius 3 is 2.83 bits per heavy atom. The first-order chi connectivity index (χ1) is 8.58. The summed E-state index contributed by atoms with van der Waals surface area (Å²) in [5.41, 5.74) is 1.42. The average molecular weight is 248 g/mol. The smallest absolute Gasteiger partial charge is 0.328 e. The van der Waals surface area contributed by atoms with E-state index in [1.54, 1.807) is 12.1 Å². The Morgan fingerprint density at radius 2 is 2.17 bits per heavy atom. The summed E-state index contributed by atoms with van der Waals surface area (Å²) in [6.07, 6.45) is 0. The van der Waals surface area contributed by atoms with Crippen molar-refractivity contribution < 1.29 is 14.7 Å². The number of benzene rings is 1. The topological polar surface area (TPSA) is 97.1 Å². The summed E-state index contributed by atoms with van der Waals surface area (Å²) in [5.74, 6) is -1.50. The number of carboxylic acids is 1. The molecule has 1 atom stereocenters. The number of para-hydroxylation sites is 1. The Bertz CT molecular complexity index is 593. The highest BCUT2D eigenvalue weighted by atomic mass is 16.4. The third kappa shape index (κ3) is 2.45. The van der Waals surface area contributed by atoms with Crippen LogP contribution in [-0.4, -0.2) is 38.0 Å². The fourth-order valence-corrected chi connectivity index (χ4v) is 1.66. The lowest BCUT2D eigenvalue weighted by Gasteiger charge is -2.13. The molecule has 0 spiro atoms. The summed E-state index contributed by atoms with van der Waals surface area (Å²) in [5, 5.41) is 19.2. The van der Waals surface area contributed by atoms with E-state index >= 15 is 0 Å². The molecule has 0 aliphatic heterocycles. The van der Waals surface area contributed by atoms with Gasteiger partial charge in [-0.05, 0) is 12.1 Å². The number of aliphatic carboxylic acids is 1. The maximum absolute atomic E-state index is 11.0. The van der Waals surface area contributed by atoms with E-state index in [-0.39, 0.29) is 6.54 Å². The van der Waals surface area contributed by atoms with Gasteiger partial charge in [0.05, 0.1) is 12.1 Å². The van der Waals surface area contributed by atoms with E-state index in [9.17, 15) is 9.59 Å². The molecule has 1 aromatic carbocycles. The number of carbonyl (C=O) groups is 2. The quantitative estimate of drug-likeness (QED) is 0.795. The zero-order valence-corrected chi connectivity index (χ0v) is 9.70. The number of nitrogens with zero attached hydrogens (tertiary/aromatic N) is 3. The molecule has 0 aliphatic rings. The van der Waals surface area contributed by atoms with Gasteiger partial charge in [0.15, 0.2) is 0 Å². The predicted molar refractivity (Wildman–Crippen MR) is 62.8 cm³/mol. The second-order valence-corrected chi connectivity index (χ2v) is 3.85. The minimum atomic E-state index is -1.11. The molecular formula is C11H12N4O3. The Kier molecular flexibility index (Phi) is 3.22. The Labute approximate surface area is 102 Å². The van der Waals surface area contributed by atoms with Crippen molar-refractivity contribution >= 4 is 22.9 Å². The van der Waals surface area contributed by atoms with E-state index in [1.807, 2.05) is 12.1 Å². The van der Waals surface area contributed by atoms with E-state index < -0.39 is 17.9 Å². The molecule has 0 saturated heterocycles. The van der Waals surface area contributed by atoms with Gasteiger partial charge in [0.2, 0.25) is 5.91 Å². The van der Waals surface area contributed by atoms with Crippen LogP contribution in [0.3, 0.4) is 0 Å². The van der Waals surface area contributed by atoms with Crippen LogP contribution in [0.25, 0.3) is 11.0 Å². The molecule has 1 aromatic heterocycles. The van der Waals surface area contributed by atoms with Gasteiger partial charge in [0.25, 0.3) is 0 Å². The zero-order chi connectivity index (χ0) is 13.1. The van der Waals surface area contributed by atoms with Crippen LogP contribution in [0.4, 0.5) is 0 Å². The lowest BCUT2D eigenvalue weighted by Crippen LogP contribution is -2.42. The van der Waals surface area contributed by atoms with Gasteiger partial charge in [-0.3, -0.25) is 4.79 Å². The lowest BCUT2D eigenvalue weighted by molar-refractivity contribution is -0.142. The number of nitrogens with one attached hydrogen (secondary N) is 1. The van der Waals surface area contributed by atoms with Crippen LogP contribution < -0.4 is 5.32 Å². The van der Waals surface area contributed by atoms with Crippen LogP contribution in [0.5, 0.6) is 0 Å². The molecule has 1 heterocycles. The van der Waals surface area contributed by atoms with E-state index in [0.29, 0.717) is 5.52 Å². The van der Waals surface area contributed by atoms with E-state index in [1.165, 1.54) is 11.6 Å². The third-order valence-electron chi connectivity index (χ3n) is 2.45. The summed E-state index contributed by atoms with van der Waals surface area (Å²) in [4.78, 5) is 22.0. The molecule has 1 amide bonds. The SMILES string of the molecule is CC(=O)N[C@H](Cn1nnc2ccccc21)C(=O)O. The van der Waals surface area contributed by atoms with Crippen molar-refractivity contribution in [2.75, 3.05) is 0 Å². The van der Waals surface area contributed by atoms with E-state index in [0.717, 1.165) is 5.52 Å². The normalized spacial score (nSPS) is 12.3. The van der Waals surface area contributed by atoms with Gasteiger partial charge in [-0.25, -0.2) is 9.48 Å². The van der Waals surface area contributed by atoms with Crippen molar-refractivity contribution in [3.8, 4) is 0 Å². The highest BCUT2D eigenvalue weighted by Crippen LogP contribution is 2.10. The van der Waals surface area contributed by atoms with Crippen LogP contribution in [0, 0.1) is 0 Å². The molecule has 2 N–H and O–H groups in total. The number of hydrogen-bond acceptors (Lipinski definition) is 4. The molecule has 0 aliphatic carbocycles. The van der Waals surface area contributed by atoms with Crippen molar-refractivity contribution in [3.63, 3.8) is 0 Å². The molecule has 0 fully saturated rings. The van der Waals surface area contributed by atoms with E-state index in [4.69, 9.17) is 5.11 Å². The van der Waals surface area contributed by atoms with Crippen molar-refractivity contribution in [3.05, 3.63) is 24.3 Å². The molecular weight excluding hydrogens is 236 g/mol. The first-order valence-corrected chi connectivity index (χ1v) is 5.36. The molecule has 0 saturated carbocycles. The zero-order valence-electron chi connectivity index (χ0n) is 9.70. The van der Waals surface area contributed by atoms with Gasteiger partial charge >= 0.3 is 5.97 Å². The summed E-state index contributed by atoms with van der Waals surface area (Å²) in [7, 11) is 0. The van der Waals surface area contributed by atoms with E-state index in [2.05, 4.69) is 15.6 Å². The van der Waals surface area contributed by atoms with Crippen LogP contribution in [0.15, 0.2) is 24.3 Å². The predicted octanol–water partition coefficient (Wildman–Crippen LogP) is 0.0206. The monoisotopic (exact) mass is 248 g/mol. The highest BCUT2D eigenvalue weighted by Gasteiger charge is 2.20. The second kappa shape index (κ2) is 4.82. The number of carboxylic acid groups (broad SMARTS) is 1. The Balaban J connectivity index is 2.26. The molecule has 94 valence electrons. The van der Waals surface area contributed by atoms with Crippen LogP contribution in [0.2, 0.25) is 0 Å². The number of carbonyl (C=O) groups excluding carboxylic acids is 1. The molecule has 7 nitrogen and oxygen atoms in total. The minimum absolute atomic E-state index is 0.0371. The van der Waals surface area contributed by atoms with Crippen LogP contribution in [-0.2, 0) is 16.1 Å². The highest BCUT2D eigenvalue weighted by molar-refractivity contribution is 5.82. The minimum Gasteiger partial charge on any atom is -0.480 e. The molecule has 0 bridgehead atoms. The molecule has 7 heteroatoms. The average Bonchev–Trinajstić information content (AvgIpc) is 2.71. The van der Waals surface area contributed by atoms with Gasteiger partial charge in [-0.15, -0.1) is 5.10 Å². The maximum Gasteiger partial charge on any atom is 0.328 e. The summed E-state index contributed by atoms with van der Waals surface area (Å²) < 4.78 is 1.46. The van der Waals surface area contributed by atoms with Crippen LogP contribution >= 0.6 is 0 Å². The largest absolute Gasteiger partial charge is 0.480 e. The number of amides is 1. The first kappa shape index (κ1) is 12.0. The Morgan fingerprint density at radius 1 is 1.44 bits per heavy atom. The third-order valence-corrected chi connectivity index (χ3v) is 2.45. The lowest BCUT2D eigenvalue weighted by atomic mass is 10.2. The van der Waals surface area contributed by atoms with Gasteiger partial charge in [0, 0.05) is 6.92 Å². The summed E-state index contributed by atoms with van der Waals surface area (Å²) in [6.45, 7) is 1.31. The van der Waals surface area contributed by atoms with Crippen molar-refractivity contribution in [1.82, 2.24) is 20.3 Å². The maximum atomic E-state index is 11.0. The number of aromatic nitrogens is 3. The van der Waals surface area contributed by atoms with Gasteiger partial charge in [-0.2, -0.15) is 0 Å². The van der Waals surface area contributed by atoms with Crippen molar-refractivity contribution in [2.24, 2.45) is 0 Å². The molecule has 0 radical (unpaired) electrons. The van der Waals surface area contributed by atoms with Crippen LogP contribution in [0.1, 0.15) is 6.92 Å². The van der Waals surface area contributed by atoms with Crippen molar-refractivity contribution in [2.45, 2.75) is 19.5 Å². The second-order valence-electron chi connectivity index (χ2n) is 3.85.